The average molecular weight is 218 g/mol. The Labute approximate surface area is 98.7 Å². The monoisotopic (exact) mass is 218 g/mol. The number of para-hydroxylation sites is 1. The van der Waals surface area contributed by atoms with Crippen molar-refractivity contribution in [1.82, 2.24) is 4.90 Å². The fourth-order valence-corrected chi connectivity index (χ4v) is 2.39. The number of hydrogen-bond acceptors (Lipinski definition) is 2. The summed E-state index contributed by atoms with van der Waals surface area (Å²) in [6.45, 7) is 5.98. The molecule has 1 N–H and O–H groups in total. The Kier molecular flexibility index (Phi) is 4.23. The van der Waals surface area contributed by atoms with Crippen LogP contribution in [-0.4, -0.2) is 30.6 Å². The van der Waals surface area contributed by atoms with E-state index < -0.39 is 0 Å². The molecule has 0 unspecified atom stereocenters. The summed E-state index contributed by atoms with van der Waals surface area (Å²) in [5, 5.41) is 3.55. The van der Waals surface area contributed by atoms with Crippen molar-refractivity contribution in [2.75, 3.05) is 25.0 Å². The molecule has 1 saturated heterocycles. The summed E-state index contributed by atoms with van der Waals surface area (Å²) in [6.07, 6.45) is 4.16. The second-order valence-electron chi connectivity index (χ2n) is 4.77. The number of rotatable bonds is 4. The van der Waals surface area contributed by atoms with Crippen LogP contribution in [0.5, 0.6) is 0 Å². The molecule has 16 heavy (non-hydrogen) atoms. The number of nitrogens with zero attached hydrogens (tertiary/aromatic N) is 1. The van der Waals surface area contributed by atoms with Crippen LogP contribution < -0.4 is 5.32 Å². The smallest absolute Gasteiger partial charge is 0.0360 e. The molecule has 0 bridgehead atoms. The van der Waals surface area contributed by atoms with Crippen LogP contribution in [0.3, 0.4) is 0 Å². The SMILES string of the molecule is C[C@H](CN1CCCCC1)Nc1ccccc1. The summed E-state index contributed by atoms with van der Waals surface area (Å²) in [7, 11) is 0. The number of hydrogen-bond donors (Lipinski definition) is 1. The molecule has 0 aromatic heterocycles. The molecule has 0 aliphatic carbocycles. The lowest BCUT2D eigenvalue weighted by Gasteiger charge is -2.29. The van der Waals surface area contributed by atoms with E-state index in [4.69, 9.17) is 0 Å². The second kappa shape index (κ2) is 5.90. The van der Waals surface area contributed by atoms with Gasteiger partial charge >= 0.3 is 0 Å². The van der Waals surface area contributed by atoms with Gasteiger partial charge in [0.05, 0.1) is 0 Å². The van der Waals surface area contributed by atoms with Crippen molar-refractivity contribution in [3.8, 4) is 0 Å². The van der Waals surface area contributed by atoms with Crippen LogP contribution in [-0.2, 0) is 0 Å². The maximum Gasteiger partial charge on any atom is 0.0360 e. The van der Waals surface area contributed by atoms with E-state index in [1.165, 1.54) is 38.0 Å². The fourth-order valence-electron chi connectivity index (χ4n) is 2.39. The maximum absolute atomic E-state index is 3.55. The highest BCUT2D eigenvalue weighted by Gasteiger charge is 2.12. The Bertz CT molecular complexity index is 291. The minimum atomic E-state index is 0.528. The first-order chi connectivity index (χ1) is 7.84. The molecule has 88 valence electrons. The number of benzene rings is 1. The van der Waals surface area contributed by atoms with Crippen molar-refractivity contribution >= 4 is 5.69 Å². The van der Waals surface area contributed by atoms with Gasteiger partial charge in [0, 0.05) is 18.3 Å². The minimum absolute atomic E-state index is 0.528. The molecular weight excluding hydrogens is 196 g/mol. The topological polar surface area (TPSA) is 15.3 Å². The van der Waals surface area contributed by atoms with Gasteiger partial charge in [-0.05, 0) is 45.0 Å². The first-order valence-corrected chi connectivity index (χ1v) is 6.38. The van der Waals surface area contributed by atoms with Gasteiger partial charge in [0.1, 0.15) is 0 Å². The number of nitrogens with one attached hydrogen (secondary N) is 1. The fraction of sp³-hybridized carbons (Fsp3) is 0.571. The van der Waals surface area contributed by atoms with Crippen LogP contribution in [0.25, 0.3) is 0 Å². The maximum atomic E-state index is 3.55. The Hall–Kier alpha value is -1.02. The van der Waals surface area contributed by atoms with Crippen LogP contribution in [0.15, 0.2) is 30.3 Å². The molecule has 0 radical (unpaired) electrons. The predicted molar refractivity (Wildman–Crippen MR) is 69.8 cm³/mol. The third-order valence-electron chi connectivity index (χ3n) is 3.17. The van der Waals surface area contributed by atoms with E-state index in [0.717, 1.165) is 6.54 Å². The van der Waals surface area contributed by atoms with Gasteiger partial charge < -0.3 is 10.2 Å². The quantitative estimate of drug-likeness (QED) is 0.836. The largest absolute Gasteiger partial charge is 0.381 e. The van der Waals surface area contributed by atoms with Crippen molar-refractivity contribution in [2.45, 2.75) is 32.2 Å². The van der Waals surface area contributed by atoms with Crippen LogP contribution >= 0.6 is 0 Å². The molecule has 1 aromatic carbocycles. The first-order valence-electron chi connectivity index (χ1n) is 6.38. The molecular formula is C14H22N2. The van der Waals surface area contributed by atoms with Crippen LogP contribution in [0.1, 0.15) is 26.2 Å². The van der Waals surface area contributed by atoms with Gasteiger partial charge in [-0.3, -0.25) is 0 Å². The van der Waals surface area contributed by atoms with Crippen LogP contribution in [0.2, 0.25) is 0 Å². The minimum Gasteiger partial charge on any atom is -0.381 e. The van der Waals surface area contributed by atoms with E-state index >= 15 is 0 Å². The third kappa shape index (κ3) is 3.53. The third-order valence-corrected chi connectivity index (χ3v) is 3.17. The lowest BCUT2D eigenvalue weighted by Crippen LogP contribution is -2.38. The van der Waals surface area contributed by atoms with Gasteiger partial charge in [-0.2, -0.15) is 0 Å². The van der Waals surface area contributed by atoms with Crippen molar-refractivity contribution < 1.29 is 0 Å². The highest BCUT2D eigenvalue weighted by Crippen LogP contribution is 2.11. The molecule has 1 aliphatic heterocycles. The summed E-state index contributed by atoms with van der Waals surface area (Å²) >= 11 is 0. The molecule has 2 heteroatoms. The van der Waals surface area contributed by atoms with Crippen LogP contribution in [0.4, 0.5) is 5.69 Å². The average Bonchev–Trinajstić information content (AvgIpc) is 2.31. The van der Waals surface area contributed by atoms with E-state index in [-0.39, 0.29) is 0 Å². The predicted octanol–water partition coefficient (Wildman–Crippen LogP) is 2.97. The molecule has 0 saturated carbocycles. The summed E-state index contributed by atoms with van der Waals surface area (Å²) in [5.41, 5.74) is 1.23. The Morgan fingerprint density at radius 3 is 2.50 bits per heavy atom. The molecule has 1 heterocycles. The highest BCUT2D eigenvalue weighted by molar-refractivity contribution is 5.43. The Morgan fingerprint density at radius 2 is 1.81 bits per heavy atom. The van der Waals surface area contributed by atoms with Crippen molar-refractivity contribution in [1.29, 1.82) is 0 Å². The molecule has 1 fully saturated rings. The molecule has 0 spiro atoms. The second-order valence-corrected chi connectivity index (χ2v) is 4.77. The van der Waals surface area contributed by atoms with Crippen molar-refractivity contribution in [3.63, 3.8) is 0 Å². The Balaban J connectivity index is 1.77. The summed E-state index contributed by atoms with van der Waals surface area (Å²) in [4.78, 5) is 2.57. The first kappa shape index (κ1) is 11.5. The van der Waals surface area contributed by atoms with E-state index in [9.17, 15) is 0 Å². The molecule has 1 aliphatic rings. The molecule has 2 nitrogen and oxygen atoms in total. The molecule has 1 aromatic rings. The van der Waals surface area contributed by atoms with Gasteiger partial charge in [-0.15, -0.1) is 0 Å². The van der Waals surface area contributed by atoms with Crippen molar-refractivity contribution in [3.05, 3.63) is 30.3 Å². The zero-order valence-corrected chi connectivity index (χ0v) is 10.2. The lowest BCUT2D eigenvalue weighted by molar-refractivity contribution is 0.223. The highest BCUT2D eigenvalue weighted by atomic mass is 15.1. The number of anilines is 1. The standard InChI is InChI=1S/C14H22N2/c1-13(12-16-10-6-3-7-11-16)15-14-8-4-2-5-9-14/h2,4-5,8-9,13,15H,3,6-7,10-12H2,1H3/t13-/m1/s1. The molecule has 2 rings (SSSR count). The zero-order chi connectivity index (χ0) is 11.2. The van der Waals surface area contributed by atoms with E-state index in [1.54, 1.807) is 0 Å². The van der Waals surface area contributed by atoms with Crippen molar-refractivity contribution in [2.24, 2.45) is 0 Å². The van der Waals surface area contributed by atoms with Gasteiger partial charge in [0.15, 0.2) is 0 Å². The lowest BCUT2D eigenvalue weighted by atomic mass is 10.1. The van der Waals surface area contributed by atoms with E-state index in [1.807, 2.05) is 0 Å². The molecule has 0 amide bonds. The zero-order valence-electron chi connectivity index (χ0n) is 10.2. The molecule has 1 atom stereocenters. The number of likely N-dealkylation sites (tertiary alicyclic amines) is 1. The van der Waals surface area contributed by atoms with Gasteiger partial charge in [0.25, 0.3) is 0 Å². The van der Waals surface area contributed by atoms with Crippen LogP contribution in [0, 0.1) is 0 Å². The van der Waals surface area contributed by atoms with Gasteiger partial charge in [-0.25, -0.2) is 0 Å². The Morgan fingerprint density at radius 1 is 1.12 bits per heavy atom. The summed E-state index contributed by atoms with van der Waals surface area (Å²) in [5.74, 6) is 0. The summed E-state index contributed by atoms with van der Waals surface area (Å²) in [6, 6.07) is 11.0. The van der Waals surface area contributed by atoms with Gasteiger partial charge in [0.2, 0.25) is 0 Å². The van der Waals surface area contributed by atoms with E-state index in [2.05, 4.69) is 47.5 Å². The van der Waals surface area contributed by atoms with E-state index in [0.29, 0.717) is 6.04 Å². The summed E-state index contributed by atoms with van der Waals surface area (Å²) < 4.78 is 0. The number of piperidine rings is 1. The normalized spacial score (nSPS) is 19.3. The van der Waals surface area contributed by atoms with Gasteiger partial charge in [-0.1, -0.05) is 24.6 Å².